The van der Waals surface area contributed by atoms with Crippen LogP contribution in [0.2, 0.25) is 0 Å². The summed E-state index contributed by atoms with van der Waals surface area (Å²) in [5.41, 5.74) is 0.786. The summed E-state index contributed by atoms with van der Waals surface area (Å²) in [6, 6.07) is 4.64. The fourth-order valence-corrected chi connectivity index (χ4v) is 1.20. The van der Waals surface area contributed by atoms with Crippen molar-refractivity contribution in [2.75, 3.05) is 0 Å². The number of hydrogen-bond donors (Lipinski definition) is 0. The van der Waals surface area contributed by atoms with E-state index >= 15 is 0 Å². The summed E-state index contributed by atoms with van der Waals surface area (Å²) < 4.78 is 0. The van der Waals surface area contributed by atoms with Crippen LogP contribution < -0.4 is 0 Å². The Hall–Kier alpha value is -1.71. The molecule has 1 aromatic rings. The van der Waals surface area contributed by atoms with Gasteiger partial charge in [0.15, 0.2) is 6.29 Å². The first-order valence-corrected chi connectivity index (χ1v) is 3.92. The SMILES string of the molecule is CCc1cccc([N+](=O)[O-])c1C=O. The van der Waals surface area contributed by atoms with E-state index in [0.29, 0.717) is 18.3 Å². The standard InChI is InChI=1S/C9H9NO3/c1-2-7-4-3-5-9(10(12)13)8(7)6-11/h3-6H,2H2,1H3. The first-order chi connectivity index (χ1) is 6.20. The normalized spacial score (nSPS) is 9.62. The number of nitro benzene ring substituents is 1. The van der Waals surface area contributed by atoms with Crippen LogP contribution in [0.25, 0.3) is 0 Å². The molecule has 68 valence electrons. The second kappa shape index (κ2) is 3.80. The van der Waals surface area contributed by atoms with E-state index in [-0.39, 0.29) is 11.3 Å². The zero-order valence-electron chi connectivity index (χ0n) is 7.19. The Balaban J connectivity index is 3.35. The highest BCUT2D eigenvalue weighted by Gasteiger charge is 2.14. The number of benzene rings is 1. The van der Waals surface area contributed by atoms with Crippen molar-refractivity contribution in [1.82, 2.24) is 0 Å². The van der Waals surface area contributed by atoms with E-state index in [0.717, 1.165) is 0 Å². The summed E-state index contributed by atoms with van der Waals surface area (Å²) in [4.78, 5) is 20.6. The smallest absolute Gasteiger partial charge is 0.280 e. The van der Waals surface area contributed by atoms with Crippen LogP contribution >= 0.6 is 0 Å². The third-order valence-corrected chi connectivity index (χ3v) is 1.87. The van der Waals surface area contributed by atoms with Crippen molar-refractivity contribution in [1.29, 1.82) is 0 Å². The van der Waals surface area contributed by atoms with Gasteiger partial charge in [0.1, 0.15) is 0 Å². The first kappa shape index (κ1) is 9.38. The number of aldehydes is 1. The Morgan fingerprint density at radius 2 is 2.23 bits per heavy atom. The molecule has 0 amide bonds. The molecule has 0 unspecified atom stereocenters. The molecule has 0 aliphatic rings. The lowest BCUT2D eigenvalue weighted by Crippen LogP contribution is -1.98. The molecular formula is C9H9NO3. The van der Waals surface area contributed by atoms with Gasteiger partial charge in [0.05, 0.1) is 10.5 Å². The number of nitro groups is 1. The molecule has 13 heavy (non-hydrogen) atoms. The summed E-state index contributed by atoms with van der Waals surface area (Å²) >= 11 is 0. The van der Waals surface area contributed by atoms with Crippen molar-refractivity contribution in [2.24, 2.45) is 0 Å². The second-order valence-corrected chi connectivity index (χ2v) is 2.58. The topological polar surface area (TPSA) is 60.2 Å². The summed E-state index contributed by atoms with van der Waals surface area (Å²) in [7, 11) is 0. The zero-order valence-corrected chi connectivity index (χ0v) is 7.19. The van der Waals surface area contributed by atoms with Gasteiger partial charge in [-0.3, -0.25) is 14.9 Å². The average Bonchev–Trinajstić information content (AvgIpc) is 2.16. The van der Waals surface area contributed by atoms with E-state index < -0.39 is 4.92 Å². The van der Waals surface area contributed by atoms with Crippen molar-refractivity contribution >= 4 is 12.0 Å². The molecule has 1 aromatic carbocycles. The number of nitrogens with zero attached hydrogens (tertiary/aromatic N) is 1. The maximum atomic E-state index is 10.6. The minimum atomic E-state index is -0.539. The molecule has 0 radical (unpaired) electrons. The molecule has 0 aliphatic heterocycles. The molecule has 0 atom stereocenters. The predicted octanol–water partition coefficient (Wildman–Crippen LogP) is 1.97. The van der Waals surface area contributed by atoms with Gasteiger partial charge in [0.25, 0.3) is 5.69 Å². The van der Waals surface area contributed by atoms with Gasteiger partial charge >= 0.3 is 0 Å². The monoisotopic (exact) mass is 179 g/mol. The zero-order chi connectivity index (χ0) is 9.84. The maximum Gasteiger partial charge on any atom is 0.280 e. The lowest BCUT2D eigenvalue weighted by Gasteiger charge is -2.00. The van der Waals surface area contributed by atoms with Crippen LogP contribution in [0.3, 0.4) is 0 Å². The lowest BCUT2D eigenvalue weighted by atomic mass is 10.0. The Morgan fingerprint density at radius 1 is 1.54 bits per heavy atom. The van der Waals surface area contributed by atoms with Crippen molar-refractivity contribution in [2.45, 2.75) is 13.3 Å². The summed E-state index contributed by atoms with van der Waals surface area (Å²) in [5, 5.41) is 10.5. The molecule has 0 heterocycles. The largest absolute Gasteiger partial charge is 0.298 e. The van der Waals surface area contributed by atoms with Gasteiger partial charge in [-0.1, -0.05) is 19.1 Å². The highest BCUT2D eigenvalue weighted by atomic mass is 16.6. The van der Waals surface area contributed by atoms with E-state index in [1.807, 2.05) is 6.92 Å². The van der Waals surface area contributed by atoms with Gasteiger partial charge in [-0.15, -0.1) is 0 Å². The summed E-state index contributed by atoms with van der Waals surface area (Å²) in [6.45, 7) is 1.85. The molecule has 0 bridgehead atoms. The summed E-state index contributed by atoms with van der Waals surface area (Å²) in [6.07, 6.45) is 1.16. The highest BCUT2D eigenvalue weighted by Crippen LogP contribution is 2.20. The Bertz CT molecular complexity index is 347. The van der Waals surface area contributed by atoms with Gasteiger partial charge in [-0.05, 0) is 12.0 Å². The molecule has 0 spiro atoms. The molecule has 1 rings (SSSR count). The quantitative estimate of drug-likeness (QED) is 0.405. The Morgan fingerprint density at radius 3 is 2.69 bits per heavy atom. The van der Waals surface area contributed by atoms with Crippen molar-refractivity contribution in [3.05, 3.63) is 39.4 Å². The fourth-order valence-electron chi connectivity index (χ4n) is 1.20. The molecule has 4 nitrogen and oxygen atoms in total. The molecular weight excluding hydrogens is 170 g/mol. The molecule has 0 aromatic heterocycles. The molecule has 0 N–H and O–H groups in total. The highest BCUT2D eigenvalue weighted by molar-refractivity contribution is 5.83. The van der Waals surface area contributed by atoms with Crippen LogP contribution in [-0.2, 0) is 6.42 Å². The lowest BCUT2D eigenvalue weighted by molar-refractivity contribution is -0.385. The minimum absolute atomic E-state index is 0.116. The van der Waals surface area contributed by atoms with Crippen LogP contribution in [0.15, 0.2) is 18.2 Å². The number of aryl methyl sites for hydroxylation is 1. The van der Waals surface area contributed by atoms with Crippen molar-refractivity contribution in [3.8, 4) is 0 Å². The molecule has 4 heteroatoms. The predicted molar refractivity (Wildman–Crippen MR) is 47.9 cm³/mol. The third-order valence-electron chi connectivity index (χ3n) is 1.87. The number of carbonyl (C=O) groups is 1. The van der Waals surface area contributed by atoms with E-state index in [1.54, 1.807) is 12.1 Å². The fraction of sp³-hybridized carbons (Fsp3) is 0.222. The van der Waals surface area contributed by atoms with E-state index in [1.165, 1.54) is 6.07 Å². The molecule has 0 aliphatic carbocycles. The molecule has 0 saturated carbocycles. The van der Waals surface area contributed by atoms with Crippen molar-refractivity contribution < 1.29 is 9.72 Å². The number of carbonyl (C=O) groups excluding carboxylic acids is 1. The van der Waals surface area contributed by atoms with Crippen LogP contribution in [0.1, 0.15) is 22.8 Å². The van der Waals surface area contributed by atoms with Gasteiger partial charge in [-0.2, -0.15) is 0 Å². The Kier molecular flexibility index (Phi) is 2.74. The van der Waals surface area contributed by atoms with Crippen molar-refractivity contribution in [3.63, 3.8) is 0 Å². The van der Waals surface area contributed by atoms with Crippen LogP contribution in [-0.4, -0.2) is 11.2 Å². The number of rotatable bonds is 3. The van der Waals surface area contributed by atoms with Gasteiger partial charge < -0.3 is 0 Å². The van der Waals surface area contributed by atoms with E-state index in [4.69, 9.17) is 0 Å². The third kappa shape index (κ3) is 1.72. The second-order valence-electron chi connectivity index (χ2n) is 2.58. The first-order valence-electron chi connectivity index (χ1n) is 3.92. The Labute approximate surface area is 75.3 Å². The van der Waals surface area contributed by atoms with Gasteiger partial charge in [0.2, 0.25) is 0 Å². The van der Waals surface area contributed by atoms with Gasteiger partial charge in [-0.25, -0.2) is 0 Å². The van der Waals surface area contributed by atoms with E-state index in [9.17, 15) is 14.9 Å². The van der Waals surface area contributed by atoms with Crippen LogP contribution in [0.4, 0.5) is 5.69 Å². The van der Waals surface area contributed by atoms with Gasteiger partial charge in [0, 0.05) is 6.07 Å². The number of hydrogen-bond acceptors (Lipinski definition) is 3. The van der Waals surface area contributed by atoms with Crippen LogP contribution in [0, 0.1) is 10.1 Å². The maximum absolute atomic E-state index is 10.6. The molecule has 0 saturated heterocycles. The minimum Gasteiger partial charge on any atom is -0.298 e. The van der Waals surface area contributed by atoms with Crippen LogP contribution in [0.5, 0.6) is 0 Å². The van der Waals surface area contributed by atoms with E-state index in [2.05, 4.69) is 0 Å². The average molecular weight is 179 g/mol. The molecule has 0 fully saturated rings. The summed E-state index contributed by atoms with van der Waals surface area (Å²) in [5.74, 6) is 0.